The molecule has 0 aliphatic carbocycles. The Labute approximate surface area is 134 Å². The molecule has 2 heterocycles. The van der Waals surface area contributed by atoms with Gasteiger partial charge in [-0.3, -0.25) is 9.59 Å². The van der Waals surface area contributed by atoms with E-state index in [1.807, 2.05) is 24.3 Å². The number of carbonyl (C=O) groups is 2. The van der Waals surface area contributed by atoms with E-state index in [1.54, 1.807) is 15.9 Å². The van der Waals surface area contributed by atoms with Gasteiger partial charge in [0.1, 0.15) is 12.7 Å². The molecule has 0 spiro atoms. The lowest BCUT2D eigenvalue weighted by Gasteiger charge is -2.25. The lowest BCUT2D eigenvalue weighted by molar-refractivity contribution is -0.136. The van der Waals surface area contributed by atoms with Gasteiger partial charge >= 0.3 is 0 Å². The Balaban J connectivity index is 1.53. The fourth-order valence-electron chi connectivity index (χ4n) is 2.60. The fourth-order valence-corrected chi connectivity index (χ4v) is 2.60. The van der Waals surface area contributed by atoms with Crippen LogP contribution < -0.4 is 5.32 Å². The minimum absolute atomic E-state index is 0.0644. The molecule has 0 bridgehead atoms. The maximum atomic E-state index is 12.0. The van der Waals surface area contributed by atoms with E-state index in [-0.39, 0.29) is 18.4 Å². The Bertz CT molecular complexity index is 666. The normalized spacial score (nSPS) is 14.8. The van der Waals surface area contributed by atoms with Gasteiger partial charge in [0, 0.05) is 18.7 Å². The number of hydrogen-bond acceptors (Lipinski definition) is 4. The zero-order valence-electron chi connectivity index (χ0n) is 12.8. The van der Waals surface area contributed by atoms with Crippen LogP contribution in [0.1, 0.15) is 24.8 Å². The van der Waals surface area contributed by atoms with E-state index >= 15 is 0 Å². The highest BCUT2D eigenvalue weighted by molar-refractivity contribution is 5.94. The molecule has 0 radical (unpaired) electrons. The number of benzene rings is 1. The summed E-state index contributed by atoms with van der Waals surface area (Å²) in [5.41, 5.74) is 1.79. The third-order valence-electron chi connectivity index (χ3n) is 3.80. The lowest BCUT2D eigenvalue weighted by Crippen LogP contribution is -2.40. The lowest BCUT2D eigenvalue weighted by atomic mass is 10.1. The molecular weight excluding hydrogens is 294 g/mol. The Hall–Kier alpha value is -2.70. The van der Waals surface area contributed by atoms with Crippen LogP contribution in [0.15, 0.2) is 36.9 Å². The predicted octanol–water partition coefficient (Wildman–Crippen LogP) is 1.28. The molecule has 1 fully saturated rings. The Morgan fingerprint density at radius 3 is 2.74 bits per heavy atom. The zero-order chi connectivity index (χ0) is 16.1. The van der Waals surface area contributed by atoms with Crippen molar-refractivity contribution in [2.45, 2.75) is 25.8 Å². The average molecular weight is 313 g/mol. The summed E-state index contributed by atoms with van der Waals surface area (Å²) in [5.74, 6) is -0.0983. The number of aromatic nitrogens is 3. The van der Waals surface area contributed by atoms with E-state index in [0.29, 0.717) is 19.5 Å². The molecule has 7 nitrogen and oxygen atoms in total. The van der Waals surface area contributed by atoms with Crippen LogP contribution in [-0.4, -0.2) is 44.6 Å². The molecule has 1 aliphatic rings. The van der Waals surface area contributed by atoms with Gasteiger partial charge in [-0.25, -0.2) is 9.67 Å². The molecule has 1 aromatic heterocycles. The summed E-state index contributed by atoms with van der Waals surface area (Å²) in [7, 11) is 0. The molecule has 1 aliphatic heterocycles. The van der Waals surface area contributed by atoms with Crippen LogP contribution in [0, 0.1) is 0 Å². The van der Waals surface area contributed by atoms with Crippen LogP contribution in [0.25, 0.3) is 0 Å². The van der Waals surface area contributed by atoms with Crippen LogP contribution in [0.3, 0.4) is 0 Å². The van der Waals surface area contributed by atoms with E-state index in [2.05, 4.69) is 15.4 Å². The minimum atomic E-state index is -0.163. The van der Waals surface area contributed by atoms with Crippen LogP contribution in [0.5, 0.6) is 0 Å². The summed E-state index contributed by atoms with van der Waals surface area (Å²) in [6, 6.07) is 7.57. The molecule has 2 aromatic rings. The van der Waals surface area contributed by atoms with Crippen LogP contribution in [0.2, 0.25) is 0 Å². The summed E-state index contributed by atoms with van der Waals surface area (Å²) in [5, 5.41) is 6.88. The third-order valence-corrected chi connectivity index (χ3v) is 3.80. The standard InChI is InChI=1S/C16H19N5O2/c22-15(10-20-8-2-1-3-16(20)23)19-14-6-4-13(5-7-14)9-21-12-17-11-18-21/h4-7,11-12H,1-3,8-10H2,(H,19,22). The second kappa shape index (κ2) is 7.04. The van der Waals surface area contributed by atoms with E-state index in [0.717, 1.165) is 24.1 Å². The molecule has 3 rings (SSSR count). The SMILES string of the molecule is O=C(CN1CCCCC1=O)Nc1ccc(Cn2cncn2)cc1. The van der Waals surface area contributed by atoms with Crippen LogP contribution in [-0.2, 0) is 16.1 Å². The number of carbonyl (C=O) groups excluding carboxylic acids is 2. The number of anilines is 1. The number of amides is 2. The number of rotatable bonds is 5. The zero-order valence-corrected chi connectivity index (χ0v) is 12.8. The van der Waals surface area contributed by atoms with Crippen molar-refractivity contribution in [1.82, 2.24) is 19.7 Å². The fraction of sp³-hybridized carbons (Fsp3) is 0.375. The number of piperidine rings is 1. The maximum absolute atomic E-state index is 12.0. The van der Waals surface area contributed by atoms with E-state index < -0.39 is 0 Å². The van der Waals surface area contributed by atoms with E-state index in [4.69, 9.17) is 0 Å². The van der Waals surface area contributed by atoms with Crippen LogP contribution >= 0.6 is 0 Å². The van der Waals surface area contributed by atoms with Crippen molar-refractivity contribution in [3.05, 3.63) is 42.5 Å². The van der Waals surface area contributed by atoms with Gasteiger partial charge in [-0.05, 0) is 30.5 Å². The molecule has 1 saturated heterocycles. The number of nitrogens with one attached hydrogen (secondary N) is 1. The Morgan fingerprint density at radius 2 is 2.04 bits per heavy atom. The van der Waals surface area contributed by atoms with Gasteiger partial charge in [0.25, 0.3) is 0 Å². The molecule has 7 heteroatoms. The van der Waals surface area contributed by atoms with E-state index in [9.17, 15) is 9.59 Å². The maximum Gasteiger partial charge on any atom is 0.243 e. The topological polar surface area (TPSA) is 80.1 Å². The summed E-state index contributed by atoms with van der Waals surface area (Å²) >= 11 is 0. The second-order valence-corrected chi connectivity index (χ2v) is 5.61. The van der Waals surface area contributed by atoms with Gasteiger partial charge in [0.2, 0.25) is 11.8 Å². The number of nitrogens with zero attached hydrogens (tertiary/aromatic N) is 4. The summed E-state index contributed by atoms with van der Waals surface area (Å²) in [6.45, 7) is 1.43. The molecule has 0 unspecified atom stereocenters. The summed E-state index contributed by atoms with van der Waals surface area (Å²) in [4.78, 5) is 29.3. The summed E-state index contributed by atoms with van der Waals surface area (Å²) < 4.78 is 1.73. The van der Waals surface area contributed by atoms with Gasteiger partial charge < -0.3 is 10.2 Å². The molecule has 0 saturated carbocycles. The van der Waals surface area contributed by atoms with Crippen LogP contribution in [0.4, 0.5) is 5.69 Å². The van der Waals surface area contributed by atoms with Crippen molar-refractivity contribution < 1.29 is 9.59 Å². The first-order chi connectivity index (χ1) is 11.2. The number of likely N-dealkylation sites (tertiary alicyclic amines) is 1. The first-order valence-electron chi connectivity index (χ1n) is 7.70. The summed E-state index contributed by atoms with van der Waals surface area (Å²) in [6.07, 6.45) is 5.59. The molecule has 2 amide bonds. The van der Waals surface area contributed by atoms with Gasteiger partial charge in [-0.15, -0.1) is 0 Å². The number of hydrogen-bond donors (Lipinski definition) is 1. The average Bonchev–Trinajstić information content (AvgIpc) is 3.04. The molecule has 0 atom stereocenters. The van der Waals surface area contributed by atoms with Gasteiger partial charge in [0.15, 0.2) is 0 Å². The Morgan fingerprint density at radius 1 is 1.22 bits per heavy atom. The van der Waals surface area contributed by atoms with Crippen molar-refractivity contribution in [3.63, 3.8) is 0 Å². The van der Waals surface area contributed by atoms with Gasteiger partial charge in [-0.1, -0.05) is 12.1 Å². The quantitative estimate of drug-likeness (QED) is 0.901. The van der Waals surface area contributed by atoms with Gasteiger partial charge in [-0.2, -0.15) is 5.10 Å². The second-order valence-electron chi connectivity index (χ2n) is 5.61. The minimum Gasteiger partial charge on any atom is -0.333 e. The molecule has 1 N–H and O–H groups in total. The van der Waals surface area contributed by atoms with E-state index in [1.165, 1.54) is 6.33 Å². The van der Waals surface area contributed by atoms with Crippen molar-refractivity contribution >= 4 is 17.5 Å². The van der Waals surface area contributed by atoms with Crippen molar-refractivity contribution in [2.75, 3.05) is 18.4 Å². The van der Waals surface area contributed by atoms with Gasteiger partial charge in [0.05, 0.1) is 13.1 Å². The van der Waals surface area contributed by atoms with Crippen molar-refractivity contribution in [3.8, 4) is 0 Å². The molecule has 1 aromatic carbocycles. The van der Waals surface area contributed by atoms with Crippen molar-refractivity contribution in [2.24, 2.45) is 0 Å². The molecule has 120 valence electrons. The third kappa shape index (κ3) is 4.15. The smallest absolute Gasteiger partial charge is 0.243 e. The first kappa shape index (κ1) is 15.2. The highest BCUT2D eigenvalue weighted by Crippen LogP contribution is 2.12. The monoisotopic (exact) mass is 313 g/mol. The largest absolute Gasteiger partial charge is 0.333 e. The predicted molar refractivity (Wildman–Crippen MR) is 84.6 cm³/mol. The molecular formula is C16H19N5O2. The van der Waals surface area contributed by atoms with Crippen molar-refractivity contribution in [1.29, 1.82) is 0 Å². The Kier molecular flexibility index (Phi) is 4.65. The first-order valence-corrected chi connectivity index (χ1v) is 7.70. The highest BCUT2D eigenvalue weighted by atomic mass is 16.2. The molecule has 23 heavy (non-hydrogen) atoms. The highest BCUT2D eigenvalue weighted by Gasteiger charge is 2.20.